The molecular formula is C12H9F2N3O2. The van der Waals surface area contributed by atoms with E-state index in [-0.39, 0.29) is 22.8 Å². The molecule has 0 spiro atoms. The summed E-state index contributed by atoms with van der Waals surface area (Å²) in [6, 6.07) is 5.56. The summed E-state index contributed by atoms with van der Waals surface area (Å²) in [5, 5.41) is 13.4. The van der Waals surface area contributed by atoms with Gasteiger partial charge in [-0.2, -0.15) is 0 Å². The number of hydrogen-bond donors (Lipinski definition) is 1. The molecule has 2 rings (SSSR count). The van der Waals surface area contributed by atoms with Crippen LogP contribution in [0.15, 0.2) is 30.3 Å². The molecule has 7 heteroatoms. The van der Waals surface area contributed by atoms with Crippen molar-refractivity contribution in [1.29, 1.82) is 0 Å². The Labute approximate surface area is 107 Å². The molecule has 0 saturated carbocycles. The highest BCUT2D eigenvalue weighted by Gasteiger charge is 2.17. The number of anilines is 1. The van der Waals surface area contributed by atoms with Gasteiger partial charge in [0.2, 0.25) is 0 Å². The van der Waals surface area contributed by atoms with Crippen molar-refractivity contribution in [2.75, 3.05) is 12.4 Å². The molecule has 2 aromatic rings. The summed E-state index contributed by atoms with van der Waals surface area (Å²) in [6.07, 6.45) is 0. The van der Waals surface area contributed by atoms with Crippen LogP contribution in [0.1, 0.15) is 0 Å². The van der Waals surface area contributed by atoms with Crippen LogP contribution in [0.5, 0.6) is 0 Å². The topological polar surface area (TPSA) is 68.1 Å². The Balaban J connectivity index is 2.68. The number of pyridine rings is 1. The monoisotopic (exact) mass is 265 g/mol. The van der Waals surface area contributed by atoms with Crippen LogP contribution < -0.4 is 5.32 Å². The Morgan fingerprint density at radius 3 is 2.42 bits per heavy atom. The molecule has 98 valence electrons. The Morgan fingerprint density at radius 2 is 1.89 bits per heavy atom. The second kappa shape index (κ2) is 4.97. The maximum absolute atomic E-state index is 13.6. The van der Waals surface area contributed by atoms with E-state index in [2.05, 4.69) is 10.3 Å². The molecule has 1 N–H and O–H groups in total. The quantitative estimate of drug-likeness (QED) is 0.684. The third kappa shape index (κ3) is 2.49. The van der Waals surface area contributed by atoms with E-state index in [0.717, 1.165) is 18.2 Å². The van der Waals surface area contributed by atoms with Crippen LogP contribution in [0.2, 0.25) is 0 Å². The lowest BCUT2D eigenvalue weighted by atomic mass is 10.1. The van der Waals surface area contributed by atoms with Gasteiger partial charge in [0.05, 0.1) is 22.2 Å². The first-order chi connectivity index (χ1) is 9.02. The minimum atomic E-state index is -0.824. The normalized spacial score (nSPS) is 10.3. The summed E-state index contributed by atoms with van der Waals surface area (Å²) in [5.41, 5.74) is -0.811. The first-order valence-electron chi connectivity index (χ1n) is 5.31. The maximum Gasteiger partial charge on any atom is 0.275 e. The molecule has 0 bridgehead atoms. The highest BCUT2D eigenvalue weighted by molar-refractivity contribution is 5.66. The summed E-state index contributed by atoms with van der Waals surface area (Å²) in [5.74, 6) is -1.49. The molecule has 19 heavy (non-hydrogen) atoms. The third-order valence-corrected chi connectivity index (χ3v) is 2.50. The molecule has 0 aliphatic carbocycles. The molecule has 5 nitrogen and oxygen atoms in total. The Morgan fingerprint density at radius 1 is 1.26 bits per heavy atom. The summed E-state index contributed by atoms with van der Waals surface area (Å²) in [7, 11) is 1.51. The molecule has 0 fully saturated rings. The van der Waals surface area contributed by atoms with Gasteiger partial charge < -0.3 is 5.32 Å². The fourth-order valence-corrected chi connectivity index (χ4v) is 1.62. The van der Waals surface area contributed by atoms with E-state index in [0.29, 0.717) is 0 Å². The molecule has 0 amide bonds. The average molecular weight is 265 g/mol. The van der Waals surface area contributed by atoms with Crippen LogP contribution in [0.25, 0.3) is 11.3 Å². The van der Waals surface area contributed by atoms with Crippen LogP contribution in [0.4, 0.5) is 20.3 Å². The van der Waals surface area contributed by atoms with Gasteiger partial charge in [0.1, 0.15) is 17.5 Å². The largest absolute Gasteiger partial charge is 0.373 e. The summed E-state index contributed by atoms with van der Waals surface area (Å²) in [6.45, 7) is 0. The molecule has 1 heterocycles. The van der Waals surface area contributed by atoms with Crippen LogP contribution in [0.3, 0.4) is 0 Å². The Hall–Kier alpha value is -2.57. The lowest BCUT2D eigenvalue weighted by molar-refractivity contribution is -0.384. The second-order valence-electron chi connectivity index (χ2n) is 3.70. The Kier molecular flexibility index (Phi) is 3.37. The number of hydrogen-bond acceptors (Lipinski definition) is 4. The average Bonchev–Trinajstić information content (AvgIpc) is 2.38. The summed E-state index contributed by atoms with van der Waals surface area (Å²) >= 11 is 0. The first kappa shape index (κ1) is 12.9. The fraction of sp³-hybridized carbons (Fsp3) is 0.0833. The van der Waals surface area contributed by atoms with Gasteiger partial charge in [-0.3, -0.25) is 10.1 Å². The van der Waals surface area contributed by atoms with Gasteiger partial charge in [0.15, 0.2) is 0 Å². The number of aromatic nitrogens is 1. The molecule has 0 atom stereocenters. The highest BCUT2D eigenvalue weighted by Crippen LogP contribution is 2.28. The van der Waals surface area contributed by atoms with E-state index in [4.69, 9.17) is 0 Å². The van der Waals surface area contributed by atoms with E-state index in [1.165, 1.54) is 19.2 Å². The van der Waals surface area contributed by atoms with Gasteiger partial charge >= 0.3 is 0 Å². The van der Waals surface area contributed by atoms with Crippen molar-refractivity contribution in [3.8, 4) is 11.3 Å². The number of rotatable bonds is 3. The van der Waals surface area contributed by atoms with Gasteiger partial charge in [-0.05, 0) is 12.1 Å². The van der Waals surface area contributed by atoms with Gasteiger partial charge in [-0.25, -0.2) is 13.8 Å². The van der Waals surface area contributed by atoms with Gasteiger partial charge in [0.25, 0.3) is 5.69 Å². The van der Waals surface area contributed by atoms with Gasteiger partial charge in [0, 0.05) is 13.1 Å². The number of nitro groups is 1. The van der Waals surface area contributed by atoms with E-state index in [1.807, 2.05) is 0 Å². The van der Waals surface area contributed by atoms with Crippen molar-refractivity contribution in [3.05, 3.63) is 52.1 Å². The van der Waals surface area contributed by atoms with Crippen molar-refractivity contribution in [2.45, 2.75) is 0 Å². The lowest BCUT2D eigenvalue weighted by Gasteiger charge is -2.06. The van der Waals surface area contributed by atoms with Crippen molar-refractivity contribution in [1.82, 2.24) is 4.98 Å². The van der Waals surface area contributed by atoms with E-state index in [9.17, 15) is 18.9 Å². The lowest BCUT2D eigenvalue weighted by Crippen LogP contribution is -1.99. The van der Waals surface area contributed by atoms with Crippen LogP contribution >= 0.6 is 0 Å². The highest BCUT2D eigenvalue weighted by atomic mass is 19.1. The van der Waals surface area contributed by atoms with Crippen molar-refractivity contribution in [3.63, 3.8) is 0 Å². The van der Waals surface area contributed by atoms with Crippen LogP contribution in [-0.2, 0) is 0 Å². The zero-order valence-electron chi connectivity index (χ0n) is 9.85. The standard InChI is InChI=1S/C12H9F2N3O2/c1-15-11-6-7(17(18)19)5-10(16-11)12-8(13)3-2-4-9(12)14/h2-6H,1H3,(H,15,16). The van der Waals surface area contributed by atoms with Crippen molar-refractivity contribution in [2.24, 2.45) is 0 Å². The molecule has 0 radical (unpaired) electrons. The first-order valence-corrected chi connectivity index (χ1v) is 5.31. The maximum atomic E-state index is 13.6. The smallest absolute Gasteiger partial charge is 0.275 e. The summed E-state index contributed by atoms with van der Waals surface area (Å²) < 4.78 is 27.3. The Bertz CT molecular complexity index is 627. The SMILES string of the molecule is CNc1cc([N+](=O)[O-])cc(-c2c(F)cccc2F)n1. The van der Waals surface area contributed by atoms with Gasteiger partial charge in [-0.1, -0.05) is 6.07 Å². The zero-order chi connectivity index (χ0) is 14.0. The fourth-order valence-electron chi connectivity index (χ4n) is 1.62. The molecule has 0 saturated heterocycles. The van der Waals surface area contributed by atoms with Crippen molar-refractivity contribution < 1.29 is 13.7 Å². The number of halogens is 2. The predicted octanol–water partition coefficient (Wildman–Crippen LogP) is 2.98. The van der Waals surface area contributed by atoms with Crippen LogP contribution in [-0.4, -0.2) is 17.0 Å². The van der Waals surface area contributed by atoms with Gasteiger partial charge in [-0.15, -0.1) is 0 Å². The molecule has 0 aliphatic rings. The number of nitrogens with zero attached hydrogens (tertiary/aromatic N) is 2. The molecule has 1 aromatic carbocycles. The molecule has 0 aliphatic heterocycles. The molecular weight excluding hydrogens is 256 g/mol. The van der Waals surface area contributed by atoms with Crippen molar-refractivity contribution >= 4 is 11.5 Å². The minimum Gasteiger partial charge on any atom is -0.373 e. The third-order valence-electron chi connectivity index (χ3n) is 2.50. The second-order valence-corrected chi connectivity index (χ2v) is 3.70. The van der Waals surface area contributed by atoms with E-state index >= 15 is 0 Å². The minimum absolute atomic E-state index is 0.130. The summed E-state index contributed by atoms with van der Waals surface area (Å²) in [4.78, 5) is 14.1. The van der Waals surface area contributed by atoms with Crippen LogP contribution in [0, 0.1) is 21.7 Å². The zero-order valence-corrected chi connectivity index (χ0v) is 9.85. The molecule has 1 aromatic heterocycles. The van der Waals surface area contributed by atoms with E-state index < -0.39 is 16.6 Å². The van der Waals surface area contributed by atoms with E-state index in [1.54, 1.807) is 0 Å². The number of nitrogens with one attached hydrogen (secondary N) is 1. The predicted molar refractivity (Wildman–Crippen MR) is 65.8 cm³/mol. The molecule has 0 unspecified atom stereocenters. The number of benzene rings is 1.